The number of hydrogen-bond acceptors (Lipinski definition) is 2. The van der Waals surface area contributed by atoms with E-state index < -0.39 is 0 Å². The summed E-state index contributed by atoms with van der Waals surface area (Å²) in [5, 5.41) is 8.07. The van der Waals surface area contributed by atoms with Gasteiger partial charge in [0.15, 0.2) is 5.96 Å². The van der Waals surface area contributed by atoms with Crippen molar-refractivity contribution in [1.82, 2.24) is 20.5 Å². The molecular formula is C22H29N5. The number of guanidine groups is 1. The molecule has 3 aromatic rings. The van der Waals surface area contributed by atoms with E-state index in [1.165, 1.54) is 27.6 Å². The molecule has 0 aliphatic carbocycles. The standard InChI is InChI=1S/C22H29N5/c1-23-22(26-14-17-8-10-18(11-9-17)16-27(2)3)24-13-12-19-15-25-21-7-5-4-6-20(19)21/h4-11,15,25H,12-14,16H2,1-3H3,(H2,23,24,26). The molecule has 3 N–H and O–H groups in total. The third-order valence-electron chi connectivity index (χ3n) is 4.57. The third kappa shape index (κ3) is 5.34. The fraction of sp³-hybridized carbons (Fsp3) is 0.318. The molecule has 3 rings (SSSR count). The van der Waals surface area contributed by atoms with E-state index in [4.69, 9.17) is 0 Å². The molecule has 0 unspecified atom stereocenters. The van der Waals surface area contributed by atoms with E-state index in [-0.39, 0.29) is 0 Å². The summed E-state index contributed by atoms with van der Waals surface area (Å²) < 4.78 is 0. The number of aliphatic imine (C=N–C) groups is 1. The monoisotopic (exact) mass is 363 g/mol. The summed E-state index contributed by atoms with van der Waals surface area (Å²) >= 11 is 0. The fourth-order valence-electron chi connectivity index (χ4n) is 3.19. The van der Waals surface area contributed by atoms with Gasteiger partial charge in [-0.1, -0.05) is 42.5 Å². The zero-order valence-electron chi connectivity index (χ0n) is 16.4. The lowest BCUT2D eigenvalue weighted by atomic mass is 10.1. The molecule has 2 aromatic carbocycles. The predicted octanol–water partition coefficient (Wildman–Crippen LogP) is 3.14. The number of aromatic nitrogens is 1. The van der Waals surface area contributed by atoms with Crippen LogP contribution in [0.3, 0.4) is 0 Å². The lowest BCUT2D eigenvalue weighted by Gasteiger charge is -2.13. The second kappa shape index (κ2) is 9.24. The Morgan fingerprint density at radius 3 is 2.48 bits per heavy atom. The maximum absolute atomic E-state index is 4.32. The Labute approximate surface area is 161 Å². The number of aromatic amines is 1. The molecule has 0 radical (unpaired) electrons. The highest BCUT2D eigenvalue weighted by Gasteiger charge is 2.04. The highest BCUT2D eigenvalue weighted by atomic mass is 15.2. The topological polar surface area (TPSA) is 55.5 Å². The number of nitrogens with zero attached hydrogens (tertiary/aromatic N) is 2. The third-order valence-corrected chi connectivity index (χ3v) is 4.57. The number of fused-ring (bicyclic) bond motifs is 1. The molecular weight excluding hydrogens is 334 g/mol. The van der Waals surface area contributed by atoms with Crippen molar-refractivity contribution in [2.75, 3.05) is 27.7 Å². The SMILES string of the molecule is CN=C(NCCc1c[nH]c2ccccc12)NCc1ccc(CN(C)C)cc1. The number of benzene rings is 2. The molecule has 0 aliphatic heterocycles. The Morgan fingerprint density at radius 1 is 1.00 bits per heavy atom. The maximum atomic E-state index is 4.32. The summed E-state index contributed by atoms with van der Waals surface area (Å²) in [6.45, 7) is 2.56. The number of nitrogens with one attached hydrogen (secondary N) is 3. The molecule has 0 saturated carbocycles. The van der Waals surface area contributed by atoms with Gasteiger partial charge in [-0.15, -0.1) is 0 Å². The van der Waals surface area contributed by atoms with Gasteiger partial charge in [0.25, 0.3) is 0 Å². The first-order chi connectivity index (χ1) is 13.2. The zero-order chi connectivity index (χ0) is 19.1. The van der Waals surface area contributed by atoms with Gasteiger partial charge in [-0.25, -0.2) is 0 Å². The largest absolute Gasteiger partial charge is 0.361 e. The Hall–Kier alpha value is -2.79. The first kappa shape index (κ1) is 19.0. The first-order valence-electron chi connectivity index (χ1n) is 9.38. The summed E-state index contributed by atoms with van der Waals surface area (Å²) in [7, 11) is 5.98. The van der Waals surface area contributed by atoms with Crippen LogP contribution in [0.5, 0.6) is 0 Å². The molecule has 5 nitrogen and oxygen atoms in total. The zero-order valence-corrected chi connectivity index (χ0v) is 16.4. The Balaban J connectivity index is 1.47. The summed E-state index contributed by atoms with van der Waals surface area (Å²) in [4.78, 5) is 9.82. The van der Waals surface area contributed by atoms with Crippen molar-refractivity contribution in [2.45, 2.75) is 19.5 Å². The van der Waals surface area contributed by atoms with Crippen LogP contribution < -0.4 is 10.6 Å². The summed E-state index contributed by atoms with van der Waals surface area (Å²) in [5.41, 5.74) is 5.08. The van der Waals surface area contributed by atoms with E-state index in [0.717, 1.165) is 32.0 Å². The normalized spacial score (nSPS) is 11.9. The number of para-hydroxylation sites is 1. The molecule has 142 valence electrons. The average Bonchev–Trinajstić information content (AvgIpc) is 3.08. The van der Waals surface area contributed by atoms with Crippen molar-refractivity contribution in [1.29, 1.82) is 0 Å². The molecule has 0 saturated heterocycles. The predicted molar refractivity (Wildman–Crippen MR) is 114 cm³/mol. The van der Waals surface area contributed by atoms with Gasteiger partial charge in [0, 0.05) is 43.8 Å². The van der Waals surface area contributed by atoms with Crippen LogP contribution in [-0.2, 0) is 19.5 Å². The Morgan fingerprint density at radius 2 is 1.74 bits per heavy atom. The minimum absolute atomic E-state index is 0.759. The van der Waals surface area contributed by atoms with E-state index in [9.17, 15) is 0 Å². The maximum Gasteiger partial charge on any atom is 0.191 e. The molecule has 0 spiro atoms. The van der Waals surface area contributed by atoms with Crippen molar-refractivity contribution < 1.29 is 0 Å². The van der Waals surface area contributed by atoms with E-state index in [1.807, 2.05) is 0 Å². The summed E-state index contributed by atoms with van der Waals surface area (Å²) in [6, 6.07) is 17.1. The van der Waals surface area contributed by atoms with E-state index in [2.05, 4.69) is 94.3 Å². The van der Waals surface area contributed by atoms with Gasteiger partial charge < -0.3 is 20.5 Å². The first-order valence-corrected chi connectivity index (χ1v) is 9.38. The number of rotatable bonds is 7. The Kier molecular flexibility index (Phi) is 6.49. The quantitative estimate of drug-likeness (QED) is 0.446. The lowest BCUT2D eigenvalue weighted by molar-refractivity contribution is 0.402. The van der Waals surface area contributed by atoms with Crippen LogP contribution >= 0.6 is 0 Å². The Bertz CT molecular complexity index is 877. The molecule has 5 heteroatoms. The minimum atomic E-state index is 0.759. The van der Waals surface area contributed by atoms with Crippen LogP contribution in [0.25, 0.3) is 10.9 Å². The minimum Gasteiger partial charge on any atom is -0.361 e. The van der Waals surface area contributed by atoms with Crippen molar-refractivity contribution in [3.63, 3.8) is 0 Å². The van der Waals surface area contributed by atoms with Crippen molar-refractivity contribution in [2.24, 2.45) is 4.99 Å². The van der Waals surface area contributed by atoms with Crippen LogP contribution in [-0.4, -0.2) is 43.5 Å². The highest BCUT2D eigenvalue weighted by molar-refractivity contribution is 5.83. The molecule has 0 amide bonds. The molecule has 27 heavy (non-hydrogen) atoms. The van der Waals surface area contributed by atoms with Gasteiger partial charge >= 0.3 is 0 Å². The van der Waals surface area contributed by atoms with Crippen molar-refractivity contribution >= 4 is 16.9 Å². The van der Waals surface area contributed by atoms with Crippen LogP contribution in [0.4, 0.5) is 0 Å². The van der Waals surface area contributed by atoms with Crippen molar-refractivity contribution in [3.05, 3.63) is 71.4 Å². The fourth-order valence-corrected chi connectivity index (χ4v) is 3.19. The van der Waals surface area contributed by atoms with Gasteiger partial charge in [0.2, 0.25) is 0 Å². The van der Waals surface area contributed by atoms with Gasteiger partial charge in [-0.05, 0) is 43.3 Å². The van der Waals surface area contributed by atoms with Gasteiger partial charge in [-0.3, -0.25) is 4.99 Å². The van der Waals surface area contributed by atoms with E-state index in [1.54, 1.807) is 7.05 Å². The second-order valence-corrected chi connectivity index (χ2v) is 7.02. The van der Waals surface area contributed by atoms with Gasteiger partial charge in [0.1, 0.15) is 0 Å². The smallest absolute Gasteiger partial charge is 0.191 e. The molecule has 0 bridgehead atoms. The molecule has 0 atom stereocenters. The summed E-state index contributed by atoms with van der Waals surface area (Å²) in [5.74, 6) is 0.826. The average molecular weight is 364 g/mol. The summed E-state index contributed by atoms with van der Waals surface area (Å²) in [6.07, 6.45) is 3.04. The van der Waals surface area contributed by atoms with Crippen LogP contribution in [0, 0.1) is 0 Å². The van der Waals surface area contributed by atoms with E-state index in [0.29, 0.717) is 0 Å². The van der Waals surface area contributed by atoms with E-state index >= 15 is 0 Å². The number of hydrogen-bond donors (Lipinski definition) is 3. The van der Waals surface area contributed by atoms with Gasteiger partial charge in [-0.2, -0.15) is 0 Å². The highest BCUT2D eigenvalue weighted by Crippen LogP contribution is 2.17. The molecule has 0 aliphatic rings. The number of H-pyrrole nitrogens is 1. The van der Waals surface area contributed by atoms with Crippen molar-refractivity contribution in [3.8, 4) is 0 Å². The van der Waals surface area contributed by atoms with Gasteiger partial charge in [0.05, 0.1) is 0 Å². The van der Waals surface area contributed by atoms with Crippen LogP contribution in [0.1, 0.15) is 16.7 Å². The lowest BCUT2D eigenvalue weighted by Crippen LogP contribution is -2.37. The molecule has 1 aromatic heterocycles. The molecule has 0 fully saturated rings. The van der Waals surface area contributed by atoms with Crippen LogP contribution in [0.15, 0.2) is 59.7 Å². The molecule has 1 heterocycles. The van der Waals surface area contributed by atoms with Crippen LogP contribution in [0.2, 0.25) is 0 Å². The second-order valence-electron chi connectivity index (χ2n) is 7.02.